The highest BCUT2D eigenvalue weighted by atomic mass is 16.6. The van der Waals surface area contributed by atoms with Gasteiger partial charge in [0, 0.05) is 23.9 Å². The fourth-order valence-corrected chi connectivity index (χ4v) is 2.08. The van der Waals surface area contributed by atoms with Crippen LogP contribution in [0, 0.1) is 10.1 Å². The number of nitro benzene ring substituents is 1. The minimum absolute atomic E-state index is 0.0122. The lowest BCUT2D eigenvalue weighted by atomic mass is 9.98. The van der Waals surface area contributed by atoms with Gasteiger partial charge in [0.2, 0.25) is 0 Å². The van der Waals surface area contributed by atoms with Crippen molar-refractivity contribution in [1.29, 1.82) is 0 Å². The number of hydrogen-bond donors (Lipinski definition) is 2. The van der Waals surface area contributed by atoms with Crippen LogP contribution in [-0.4, -0.2) is 21.4 Å². The number of non-ortho nitro benzene ring substituents is 1. The second kappa shape index (κ2) is 6.91. The summed E-state index contributed by atoms with van der Waals surface area (Å²) in [4.78, 5) is 14.4. The lowest BCUT2D eigenvalue weighted by molar-refractivity contribution is -0.384. The fourth-order valence-electron chi connectivity index (χ4n) is 2.08. The van der Waals surface area contributed by atoms with Crippen LogP contribution in [0.25, 0.3) is 0 Å². The van der Waals surface area contributed by atoms with E-state index in [-0.39, 0.29) is 22.7 Å². The summed E-state index contributed by atoms with van der Waals surface area (Å²) < 4.78 is 0. The molecule has 0 amide bonds. The van der Waals surface area contributed by atoms with E-state index in [1.165, 1.54) is 24.4 Å². The van der Waals surface area contributed by atoms with E-state index < -0.39 is 4.92 Å². The molecular formula is C17H18N2O4. The predicted molar refractivity (Wildman–Crippen MR) is 88.8 cm³/mol. The Balaban J connectivity index is 2.37. The van der Waals surface area contributed by atoms with E-state index in [9.17, 15) is 20.3 Å². The molecule has 0 bridgehead atoms. The molecule has 1 atom stereocenters. The molecule has 0 unspecified atom stereocenters. The number of nitro groups is 1. The third-order valence-corrected chi connectivity index (χ3v) is 3.75. The molecule has 0 aliphatic carbocycles. The Bertz CT molecular complexity index is 756. The largest absolute Gasteiger partial charge is 0.507 e. The van der Waals surface area contributed by atoms with Gasteiger partial charge < -0.3 is 10.2 Å². The van der Waals surface area contributed by atoms with Crippen LogP contribution in [0.3, 0.4) is 0 Å². The van der Waals surface area contributed by atoms with Crippen LogP contribution in [0.15, 0.2) is 41.4 Å². The van der Waals surface area contributed by atoms with Crippen molar-refractivity contribution in [3.63, 3.8) is 0 Å². The summed E-state index contributed by atoms with van der Waals surface area (Å²) in [5.41, 5.74) is 1.48. The van der Waals surface area contributed by atoms with E-state index in [1.54, 1.807) is 12.1 Å². The van der Waals surface area contributed by atoms with Crippen molar-refractivity contribution in [2.24, 2.45) is 4.99 Å². The van der Waals surface area contributed by atoms with Gasteiger partial charge in [0.05, 0.1) is 4.92 Å². The number of aliphatic imine (C=N–C) groups is 1. The van der Waals surface area contributed by atoms with Gasteiger partial charge in [0.1, 0.15) is 17.2 Å². The van der Waals surface area contributed by atoms with Gasteiger partial charge in [0.25, 0.3) is 5.69 Å². The van der Waals surface area contributed by atoms with Crippen LogP contribution in [0.1, 0.15) is 37.3 Å². The first kappa shape index (κ1) is 16.5. The lowest BCUT2D eigenvalue weighted by Crippen LogP contribution is -1.91. The van der Waals surface area contributed by atoms with Crippen molar-refractivity contribution >= 4 is 17.6 Å². The Hall–Kier alpha value is -2.89. The smallest absolute Gasteiger partial charge is 0.270 e. The van der Waals surface area contributed by atoms with Gasteiger partial charge in [-0.25, -0.2) is 0 Å². The first-order chi connectivity index (χ1) is 10.9. The van der Waals surface area contributed by atoms with E-state index in [1.807, 2.05) is 6.07 Å². The summed E-state index contributed by atoms with van der Waals surface area (Å²) in [6.45, 7) is 4.15. The van der Waals surface area contributed by atoms with E-state index in [0.29, 0.717) is 11.6 Å². The van der Waals surface area contributed by atoms with Gasteiger partial charge in [-0.15, -0.1) is 0 Å². The highest BCUT2D eigenvalue weighted by Gasteiger charge is 2.10. The van der Waals surface area contributed by atoms with Gasteiger partial charge in [-0.3, -0.25) is 15.1 Å². The molecule has 2 rings (SSSR count). The Morgan fingerprint density at radius 1 is 1.22 bits per heavy atom. The van der Waals surface area contributed by atoms with Crippen LogP contribution in [0.4, 0.5) is 11.4 Å². The van der Waals surface area contributed by atoms with Crippen LogP contribution in [0.2, 0.25) is 0 Å². The third kappa shape index (κ3) is 3.85. The standard InChI is InChI=1S/C17H18N2O4/c1-3-11(2)12-4-6-17(21)15(9-12)18-10-13-8-14(19(22)23)5-7-16(13)20/h4-11,20-21H,3H2,1-2H3/t11-/m1/s1. The average molecular weight is 314 g/mol. The van der Waals surface area contributed by atoms with Crippen molar-refractivity contribution in [1.82, 2.24) is 0 Å². The molecule has 0 aliphatic rings. The van der Waals surface area contributed by atoms with E-state index in [4.69, 9.17) is 0 Å². The Kier molecular flexibility index (Phi) is 4.95. The van der Waals surface area contributed by atoms with Crippen LogP contribution < -0.4 is 0 Å². The van der Waals surface area contributed by atoms with Crippen molar-refractivity contribution in [2.75, 3.05) is 0 Å². The van der Waals surface area contributed by atoms with Crippen LogP contribution in [-0.2, 0) is 0 Å². The topological polar surface area (TPSA) is 96.0 Å². The summed E-state index contributed by atoms with van der Waals surface area (Å²) in [7, 11) is 0. The monoisotopic (exact) mass is 314 g/mol. The molecule has 6 nitrogen and oxygen atoms in total. The molecule has 0 aliphatic heterocycles. The summed E-state index contributed by atoms with van der Waals surface area (Å²) >= 11 is 0. The Morgan fingerprint density at radius 2 is 1.91 bits per heavy atom. The maximum absolute atomic E-state index is 10.8. The molecule has 0 spiro atoms. The highest BCUT2D eigenvalue weighted by molar-refractivity contribution is 5.86. The Labute approximate surface area is 133 Å². The molecule has 0 saturated heterocycles. The number of phenols is 2. The first-order valence-electron chi connectivity index (χ1n) is 7.26. The fraction of sp³-hybridized carbons (Fsp3) is 0.235. The van der Waals surface area contributed by atoms with Gasteiger partial charge in [0.15, 0.2) is 0 Å². The average Bonchev–Trinajstić information content (AvgIpc) is 2.54. The first-order valence-corrected chi connectivity index (χ1v) is 7.26. The number of nitrogens with zero attached hydrogens (tertiary/aromatic N) is 2. The molecule has 23 heavy (non-hydrogen) atoms. The van der Waals surface area contributed by atoms with Crippen LogP contribution in [0.5, 0.6) is 11.5 Å². The van der Waals surface area contributed by atoms with Crippen LogP contribution >= 0.6 is 0 Å². The molecule has 2 N–H and O–H groups in total. The molecule has 0 fully saturated rings. The number of rotatable bonds is 5. The van der Waals surface area contributed by atoms with E-state index >= 15 is 0 Å². The van der Waals surface area contributed by atoms with Gasteiger partial charge in [-0.2, -0.15) is 0 Å². The third-order valence-electron chi connectivity index (χ3n) is 3.75. The molecule has 6 heteroatoms. The predicted octanol–water partition coefficient (Wildman–Crippen LogP) is 4.27. The molecule has 0 saturated carbocycles. The minimum atomic E-state index is -0.544. The zero-order valence-corrected chi connectivity index (χ0v) is 12.9. The van der Waals surface area contributed by atoms with Gasteiger partial charge >= 0.3 is 0 Å². The van der Waals surface area contributed by atoms with Crippen molar-refractivity contribution < 1.29 is 15.1 Å². The van der Waals surface area contributed by atoms with Crippen molar-refractivity contribution in [3.05, 3.63) is 57.6 Å². The summed E-state index contributed by atoms with van der Waals surface area (Å²) in [6.07, 6.45) is 2.26. The molecule has 120 valence electrons. The lowest BCUT2D eigenvalue weighted by Gasteiger charge is -2.10. The zero-order valence-electron chi connectivity index (χ0n) is 12.9. The SMILES string of the molecule is CC[C@@H](C)c1ccc(O)c(N=Cc2cc([N+](=O)[O-])ccc2O)c1. The number of benzene rings is 2. The van der Waals surface area contributed by atoms with E-state index in [0.717, 1.165) is 12.0 Å². The second-order valence-electron chi connectivity index (χ2n) is 5.32. The van der Waals surface area contributed by atoms with Crippen molar-refractivity contribution in [2.45, 2.75) is 26.2 Å². The number of aromatic hydroxyl groups is 2. The molecule has 0 heterocycles. The summed E-state index contributed by atoms with van der Waals surface area (Å²) in [6, 6.07) is 8.88. The van der Waals surface area contributed by atoms with Crippen molar-refractivity contribution in [3.8, 4) is 11.5 Å². The molecular weight excluding hydrogens is 296 g/mol. The molecule has 2 aromatic carbocycles. The van der Waals surface area contributed by atoms with E-state index in [2.05, 4.69) is 18.8 Å². The number of hydrogen-bond acceptors (Lipinski definition) is 5. The number of phenolic OH excluding ortho intramolecular Hbond substituents is 2. The maximum atomic E-state index is 10.8. The zero-order chi connectivity index (χ0) is 17.0. The quantitative estimate of drug-likeness (QED) is 0.489. The summed E-state index contributed by atoms with van der Waals surface area (Å²) in [5, 5.41) is 30.4. The van der Waals surface area contributed by atoms with Gasteiger partial charge in [-0.1, -0.05) is 19.9 Å². The molecule has 0 aromatic heterocycles. The van der Waals surface area contributed by atoms with Gasteiger partial charge in [-0.05, 0) is 36.1 Å². The minimum Gasteiger partial charge on any atom is -0.507 e. The molecule has 0 radical (unpaired) electrons. The maximum Gasteiger partial charge on any atom is 0.270 e. The normalized spacial score (nSPS) is 12.4. The summed E-state index contributed by atoms with van der Waals surface area (Å²) in [5.74, 6) is 0.228. The molecule has 2 aromatic rings. The Morgan fingerprint density at radius 3 is 2.57 bits per heavy atom. The second-order valence-corrected chi connectivity index (χ2v) is 5.32. The highest BCUT2D eigenvalue weighted by Crippen LogP contribution is 2.31.